The fraction of sp³-hybridized carbons (Fsp3) is 0.278. The number of halogens is 1. The Kier molecular flexibility index (Phi) is 4.09. The first-order valence-electron chi connectivity index (χ1n) is 7.39. The van der Waals surface area contributed by atoms with Gasteiger partial charge in [0, 0.05) is 12.6 Å². The number of anilines is 1. The Labute approximate surface area is 129 Å². The molecule has 2 aromatic rings. The van der Waals surface area contributed by atoms with Gasteiger partial charge in [-0.05, 0) is 36.1 Å². The highest BCUT2D eigenvalue weighted by atomic mass is 19.1. The number of methoxy groups -OCH3 is 1. The number of carbonyl (C=O) groups excluding carboxylic acids is 1. The highest BCUT2D eigenvalue weighted by molar-refractivity contribution is 5.96. The lowest BCUT2D eigenvalue weighted by molar-refractivity contribution is -0.118. The van der Waals surface area contributed by atoms with Crippen LogP contribution in [-0.4, -0.2) is 19.6 Å². The molecule has 0 unspecified atom stereocenters. The molecule has 1 aliphatic rings. The van der Waals surface area contributed by atoms with E-state index in [4.69, 9.17) is 4.74 Å². The quantitative estimate of drug-likeness (QED) is 0.870. The fourth-order valence-electron chi connectivity index (χ4n) is 2.84. The number of nitrogens with zero attached hydrogens (tertiary/aromatic N) is 1. The van der Waals surface area contributed by atoms with E-state index in [1.807, 2.05) is 18.2 Å². The molecule has 0 bridgehead atoms. The van der Waals surface area contributed by atoms with Crippen LogP contribution in [-0.2, 0) is 17.6 Å². The van der Waals surface area contributed by atoms with Crippen LogP contribution in [0.3, 0.4) is 0 Å². The minimum atomic E-state index is -0.335. The first-order valence-corrected chi connectivity index (χ1v) is 7.39. The topological polar surface area (TPSA) is 29.5 Å². The van der Waals surface area contributed by atoms with Crippen LogP contribution in [0.5, 0.6) is 5.75 Å². The molecule has 0 radical (unpaired) electrons. The van der Waals surface area contributed by atoms with Crippen molar-refractivity contribution < 1.29 is 13.9 Å². The van der Waals surface area contributed by atoms with Crippen molar-refractivity contribution in [3.05, 3.63) is 59.4 Å². The molecule has 1 aliphatic heterocycles. The van der Waals surface area contributed by atoms with E-state index >= 15 is 0 Å². The maximum Gasteiger partial charge on any atom is 0.231 e. The molecule has 0 aromatic heterocycles. The van der Waals surface area contributed by atoms with Crippen molar-refractivity contribution in [2.75, 3.05) is 18.6 Å². The van der Waals surface area contributed by atoms with Gasteiger partial charge in [-0.2, -0.15) is 0 Å². The molecular weight excluding hydrogens is 281 g/mol. The molecule has 0 spiro atoms. The Morgan fingerprint density at radius 2 is 2.09 bits per heavy atom. The van der Waals surface area contributed by atoms with Gasteiger partial charge >= 0.3 is 0 Å². The van der Waals surface area contributed by atoms with Crippen LogP contribution in [0.2, 0.25) is 0 Å². The van der Waals surface area contributed by atoms with Crippen LogP contribution in [0.1, 0.15) is 17.5 Å². The molecule has 0 saturated carbocycles. The molecule has 3 rings (SSSR count). The van der Waals surface area contributed by atoms with Crippen LogP contribution in [0, 0.1) is 5.82 Å². The number of benzene rings is 2. The summed E-state index contributed by atoms with van der Waals surface area (Å²) in [5.74, 6) is 0.308. The van der Waals surface area contributed by atoms with E-state index < -0.39 is 0 Å². The SMILES string of the molecule is COc1ccc2c(c1)N(C(=O)Cc1ccccc1F)CCC2. The fourth-order valence-corrected chi connectivity index (χ4v) is 2.84. The first kappa shape index (κ1) is 14.6. The van der Waals surface area contributed by atoms with Gasteiger partial charge in [-0.15, -0.1) is 0 Å². The van der Waals surface area contributed by atoms with Crippen LogP contribution in [0.15, 0.2) is 42.5 Å². The monoisotopic (exact) mass is 299 g/mol. The summed E-state index contributed by atoms with van der Waals surface area (Å²) in [5, 5.41) is 0. The Hall–Kier alpha value is -2.36. The largest absolute Gasteiger partial charge is 0.497 e. The van der Waals surface area contributed by atoms with Crippen molar-refractivity contribution in [1.29, 1.82) is 0 Å². The molecule has 4 heteroatoms. The molecule has 114 valence electrons. The van der Waals surface area contributed by atoms with E-state index in [1.54, 1.807) is 30.2 Å². The Bertz CT molecular complexity index is 699. The lowest BCUT2D eigenvalue weighted by Crippen LogP contribution is -2.36. The Balaban J connectivity index is 1.87. The standard InChI is InChI=1S/C18H18FNO2/c1-22-15-9-8-13-6-4-10-20(17(13)12-15)18(21)11-14-5-2-3-7-16(14)19/h2-3,5,7-9,12H,4,6,10-11H2,1H3. The third kappa shape index (κ3) is 2.82. The third-order valence-electron chi connectivity index (χ3n) is 4.01. The smallest absolute Gasteiger partial charge is 0.231 e. The van der Waals surface area contributed by atoms with Crippen molar-refractivity contribution in [3.8, 4) is 5.75 Å². The summed E-state index contributed by atoms with van der Waals surface area (Å²) in [4.78, 5) is 14.3. The molecule has 0 atom stereocenters. The van der Waals surface area contributed by atoms with Gasteiger partial charge in [-0.1, -0.05) is 24.3 Å². The summed E-state index contributed by atoms with van der Waals surface area (Å²) in [5.41, 5.74) is 2.45. The normalized spacial score (nSPS) is 13.6. The van der Waals surface area contributed by atoms with Crippen molar-refractivity contribution >= 4 is 11.6 Å². The number of amides is 1. The second kappa shape index (κ2) is 6.18. The zero-order chi connectivity index (χ0) is 15.5. The van der Waals surface area contributed by atoms with Gasteiger partial charge < -0.3 is 9.64 Å². The van der Waals surface area contributed by atoms with E-state index in [-0.39, 0.29) is 18.1 Å². The number of rotatable bonds is 3. The van der Waals surface area contributed by atoms with E-state index in [0.29, 0.717) is 12.1 Å². The van der Waals surface area contributed by atoms with Crippen molar-refractivity contribution in [3.63, 3.8) is 0 Å². The van der Waals surface area contributed by atoms with E-state index in [1.165, 1.54) is 6.07 Å². The molecule has 0 N–H and O–H groups in total. The number of ether oxygens (including phenoxy) is 1. The summed E-state index contributed by atoms with van der Waals surface area (Å²) in [7, 11) is 1.61. The van der Waals surface area contributed by atoms with E-state index in [0.717, 1.165) is 29.8 Å². The number of fused-ring (bicyclic) bond motifs is 1. The summed E-state index contributed by atoms with van der Waals surface area (Å²) < 4.78 is 19.0. The van der Waals surface area contributed by atoms with Crippen molar-refractivity contribution in [1.82, 2.24) is 0 Å². The van der Waals surface area contributed by atoms with E-state index in [2.05, 4.69) is 0 Å². The molecule has 0 fully saturated rings. The van der Waals surface area contributed by atoms with Crippen molar-refractivity contribution in [2.24, 2.45) is 0 Å². The summed E-state index contributed by atoms with van der Waals surface area (Å²) >= 11 is 0. The Morgan fingerprint density at radius 1 is 1.27 bits per heavy atom. The molecule has 0 aliphatic carbocycles. The van der Waals surface area contributed by atoms with Crippen LogP contribution < -0.4 is 9.64 Å². The van der Waals surface area contributed by atoms with Crippen LogP contribution >= 0.6 is 0 Å². The number of carbonyl (C=O) groups is 1. The van der Waals surface area contributed by atoms with Gasteiger partial charge in [0.25, 0.3) is 0 Å². The van der Waals surface area contributed by atoms with Gasteiger partial charge in [0.2, 0.25) is 5.91 Å². The molecule has 1 amide bonds. The van der Waals surface area contributed by atoms with E-state index in [9.17, 15) is 9.18 Å². The lowest BCUT2D eigenvalue weighted by Gasteiger charge is -2.30. The average Bonchev–Trinajstić information content (AvgIpc) is 2.55. The van der Waals surface area contributed by atoms with Crippen LogP contribution in [0.4, 0.5) is 10.1 Å². The molecule has 0 saturated heterocycles. The number of hydrogen-bond donors (Lipinski definition) is 0. The minimum Gasteiger partial charge on any atom is -0.497 e. The predicted molar refractivity (Wildman–Crippen MR) is 83.8 cm³/mol. The number of hydrogen-bond acceptors (Lipinski definition) is 2. The summed E-state index contributed by atoms with van der Waals surface area (Å²) in [6, 6.07) is 12.2. The summed E-state index contributed by atoms with van der Waals surface area (Å²) in [6.07, 6.45) is 1.94. The summed E-state index contributed by atoms with van der Waals surface area (Å²) in [6.45, 7) is 0.660. The second-order valence-electron chi connectivity index (χ2n) is 5.41. The molecular formula is C18H18FNO2. The van der Waals surface area contributed by atoms with Gasteiger partial charge in [-0.25, -0.2) is 4.39 Å². The highest BCUT2D eigenvalue weighted by Crippen LogP contribution is 2.31. The van der Waals surface area contributed by atoms with Gasteiger partial charge in [0.1, 0.15) is 11.6 Å². The number of aryl methyl sites for hydroxylation is 1. The first-order chi connectivity index (χ1) is 10.7. The minimum absolute atomic E-state index is 0.0727. The molecule has 1 heterocycles. The highest BCUT2D eigenvalue weighted by Gasteiger charge is 2.23. The predicted octanol–water partition coefficient (Wildman–Crippen LogP) is 3.36. The maximum absolute atomic E-state index is 13.7. The Morgan fingerprint density at radius 3 is 2.86 bits per heavy atom. The molecule has 3 nitrogen and oxygen atoms in total. The van der Waals surface area contributed by atoms with Gasteiger partial charge in [0.05, 0.1) is 19.2 Å². The maximum atomic E-state index is 13.7. The molecule has 22 heavy (non-hydrogen) atoms. The zero-order valence-corrected chi connectivity index (χ0v) is 12.5. The zero-order valence-electron chi connectivity index (χ0n) is 12.5. The molecule has 2 aromatic carbocycles. The lowest BCUT2D eigenvalue weighted by atomic mass is 10.0. The average molecular weight is 299 g/mol. The van der Waals surface area contributed by atoms with Gasteiger partial charge in [-0.3, -0.25) is 4.79 Å². The second-order valence-corrected chi connectivity index (χ2v) is 5.41. The van der Waals surface area contributed by atoms with Gasteiger partial charge in [0.15, 0.2) is 0 Å². The third-order valence-corrected chi connectivity index (χ3v) is 4.01. The van der Waals surface area contributed by atoms with Crippen molar-refractivity contribution in [2.45, 2.75) is 19.3 Å². The van der Waals surface area contributed by atoms with Crippen LogP contribution in [0.25, 0.3) is 0 Å².